The molecule has 0 spiro atoms. The fraction of sp³-hybridized carbons (Fsp3) is 0. The van der Waals surface area contributed by atoms with Crippen LogP contribution in [0, 0.1) is 15.5 Å². The molecular weight excluding hydrogens is 505 g/mol. The number of rotatable bonds is 6. The van der Waals surface area contributed by atoms with Gasteiger partial charge in [-0.25, -0.2) is 5.84 Å². The van der Waals surface area contributed by atoms with Crippen LogP contribution < -0.4 is 10.6 Å². The minimum Gasteiger partial charge on any atom is -0.453 e. The van der Waals surface area contributed by atoms with Crippen LogP contribution in [-0.4, -0.2) is 28.6 Å². The Morgan fingerprint density at radius 2 is 1.78 bits per heavy atom. The summed E-state index contributed by atoms with van der Waals surface area (Å²) in [5.74, 6) is 5.04. The van der Waals surface area contributed by atoms with Gasteiger partial charge >= 0.3 is 0 Å². The van der Waals surface area contributed by atoms with E-state index in [0.717, 1.165) is 24.3 Å². The van der Waals surface area contributed by atoms with Gasteiger partial charge in [0.1, 0.15) is 5.75 Å². The summed E-state index contributed by atoms with van der Waals surface area (Å²) in [6.45, 7) is 0. The highest BCUT2D eigenvalue weighted by atomic mass is 35.5. The number of hydrogen-bond donors (Lipinski definition) is 2. The average molecular weight is 517 g/mol. The average Bonchev–Trinajstić information content (AvgIpc) is 2.76. The number of benzene rings is 2. The van der Waals surface area contributed by atoms with Gasteiger partial charge in [0, 0.05) is 30.1 Å². The molecule has 1 heterocycles. The van der Waals surface area contributed by atoms with Gasteiger partial charge in [-0.1, -0.05) is 34.8 Å². The summed E-state index contributed by atoms with van der Waals surface area (Å²) in [7, 11) is -4.41. The second-order valence-corrected chi connectivity index (χ2v) is 9.12. The smallest absolute Gasteiger partial charge is 0.279 e. The molecule has 3 rings (SSSR count). The summed E-state index contributed by atoms with van der Waals surface area (Å²) in [6.07, 6.45) is 2.74. The first kappa shape index (κ1) is 23.7. The van der Waals surface area contributed by atoms with Crippen LogP contribution in [-0.2, 0) is 10.0 Å². The van der Waals surface area contributed by atoms with Gasteiger partial charge < -0.3 is 4.74 Å². The van der Waals surface area contributed by atoms with Gasteiger partial charge in [0.2, 0.25) is 0 Å². The number of sulfonamides is 1. The number of nitrogens with one attached hydrogen (secondary N) is 1. The van der Waals surface area contributed by atoms with Crippen molar-refractivity contribution in [3.63, 3.8) is 0 Å². The highest BCUT2D eigenvalue weighted by Crippen LogP contribution is 2.41. The van der Waals surface area contributed by atoms with Gasteiger partial charge in [0.15, 0.2) is 11.6 Å². The molecule has 14 heteroatoms. The molecular formula is C18H12Cl3N5O5S. The molecule has 1 aromatic heterocycles. The van der Waals surface area contributed by atoms with Crippen molar-refractivity contribution in [2.75, 3.05) is 0 Å². The minimum atomic E-state index is -4.41. The lowest BCUT2D eigenvalue weighted by Gasteiger charge is -2.20. The Hall–Kier alpha value is -2.96. The first-order valence-corrected chi connectivity index (χ1v) is 11.0. The third-order valence-electron chi connectivity index (χ3n) is 4.02. The number of aromatic nitrogens is 1. The molecule has 0 radical (unpaired) electrons. The lowest BCUT2D eigenvalue weighted by atomic mass is 10.3. The Morgan fingerprint density at radius 3 is 2.31 bits per heavy atom. The zero-order chi connectivity index (χ0) is 23.6. The molecule has 0 amide bonds. The molecule has 0 unspecified atom stereocenters. The largest absolute Gasteiger partial charge is 0.453 e. The molecule has 0 atom stereocenters. The van der Waals surface area contributed by atoms with Crippen LogP contribution in [0.3, 0.4) is 0 Å². The highest BCUT2D eigenvalue weighted by Gasteiger charge is 2.28. The molecule has 0 aliphatic rings. The number of hydrogen-bond acceptors (Lipinski definition) is 8. The number of hydrazine groups is 1. The number of nitro groups is 1. The van der Waals surface area contributed by atoms with Crippen molar-refractivity contribution in [2.45, 2.75) is 4.90 Å². The van der Waals surface area contributed by atoms with E-state index in [0.29, 0.717) is 0 Å². The summed E-state index contributed by atoms with van der Waals surface area (Å²) in [5, 5.41) is 18.4. The number of nitro benzene ring substituents is 1. The van der Waals surface area contributed by atoms with Gasteiger partial charge in [-0.05, 0) is 30.3 Å². The standard InChI is InChI=1S/C18H12Cl3N5O5S/c19-13-6-11(26(27)28)3-4-16(13)31-17-14(20)7-12(8-15(17)21)32(29,30)25(23)18(22)10-2-1-5-24-9-10/h1-9,22H,23H2. The second-order valence-electron chi connectivity index (χ2n) is 6.08. The number of nitrogens with zero attached hydrogens (tertiary/aromatic N) is 3. The quantitative estimate of drug-likeness (QED) is 0.159. The lowest BCUT2D eigenvalue weighted by Crippen LogP contribution is -2.42. The number of halogens is 3. The zero-order valence-electron chi connectivity index (χ0n) is 15.7. The Balaban J connectivity index is 1.93. The van der Waals surface area contributed by atoms with Crippen molar-refractivity contribution >= 4 is 56.3 Å². The number of ether oxygens (including phenoxy) is 1. The summed E-state index contributed by atoms with van der Waals surface area (Å²) >= 11 is 18.4. The van der Waals surface area contributed by atoms with Crippen LogP contribution in [0.1, 0.15) is 5.56 Å². The maximum Gasteiger partial charge on any atom is 0.279 e. The van der Waals surface area contributed by atoms with Crippen molar-refractivity contribution in [3.8, 4) is 11.5 Å². The lowest BCUT2D eigenvalue weighted by molar-refractivity contribution is -0.384. The molecule has 166 valence electrons. The van der Waals surface area contributed by atoms with E-state index in [2.05, 4.69) is 4.98 Å². The summed E-state index contributed by atoms with van der Waals surface area (Å²) < 4.78 is 31.6. The van der Waals surface area contributed by atoms with Crippen molar-refractivity contribution in [3.05, 3.63) is 85.6 Å². The normalized spacial score (nSPS) is 11.1. The van der Waals surface area contributed by atoms with Gasteiger partial charge in [0.25, 0.3) is 15.7 Å². The van der Waals surface area contributed by atoms with E-state index >= 15 is 0 Å². The zero-order valence-corrected chi connectivity index (χ0v) is 18.8. The van der Waals surface area contributed by atoms with Gasteiger partial charge in [-0.15, -0.1) is 0 Å². The fourth-order valence-electron chi connectivity index (χ4n) is 2.44. The summed E-state index contributed by atoms with van der Waals surface area (Å²) in [6, 6.07) is 8.55. The van der Waals surface area contributed by atoms with Crippen LogP contribution in [0.15, 0.2) is 59.8 Å². The molecule has 0 aliphatic carbocycles. The van der Waals surface area contributed by atoms with Crippen LogP contribution in [0.2, 0.25) is 15.1 Å². The minimum absolute atomic E-state index is 0.00970. The van der Waals surface area contributed by atoms with Gasteiger partial charge in [-0.2, -0.15) is 12.8 Å². The number of nitrogens with two attached hydrogens (primary N) is 1. The molecule has 0 saturated carbocycles. The number of amidine groups is 1. The van der Waals surface area contributed by atoms with Crippen molar-refractivity contribution in [1.82, 2.24) is 9.40 Å². The Morgan fingerprint density at radius 1 is 1.12 bits per heavy atom. The maximum absolute atomic E-state index is 12.9. The van der Waals surface area contributed by atoms with E-state index < -0.39 is 25.7 Å². The number of non-ortho nitro benzene ring substituents is 1. The molecule has 2 aromatic carbocycles. The van der Waals surface area contributed by atoms with Crippen molar-refractivity contribution in [1.29, 1.82) is 5.41 Å². The Labute approximate surface area is 196 Å². The molecule has 0 saturated heterocycles. The number of pyridine rings is 1. The molecule has 3 N–H and O–H groups in total. The summed E-state index contributed by atoms with van der Waals surface area (Å²) in [5.41, 5.74) is -0.0800. The van der Waals surface area contributed by atoms with Gasteiger partial charge in [-0.3, -0.25) is 20.5 Å². The van der Waals surface area contributed by atoms with E-state index in [1.54, 1.807) is 0 Å². The first-order valence-electron chi connectivity index (χ1n) is 8.42. The molecule has 0 fully saturated rings. The van der Waals surface area contributed by atoms with E-state index in [9.17, 15) is 18.5 Å². The predicted octanol–water partition coefficient (Wildman–Crippen LogP) is 4.63. The maximum atomic E-state index is 12.9. The van der Waals surface area contributed by atoms with Crippen molar-refractivity contribution in [2.24, 2.45) is 5.84 Å². The van der Waals surface area contributed by atoms with Crippen LogP contribution in [0.4, 0.5) is 5.69 Å². The molecule has 10 nitrogen and oxygen atoms in total. The SMILES string of the molecule is N=C(c1cccnc1)N(N)S(=O)(=O)c1cc(Cl)c(Oc2ccc([N+](=O)[O-])cc2Cl)c(Cl)c1. The van der Waals surface area contributed by atoms with E-state index in [1.165, 1.54) is 30.6 Å². The predicted molar refractivity (Wildman–Crippen MR) is 119 cm³/mol. The Kier molecular flexibility index (Phi) is 6.86. The monoisotopic (exact) mass is 515 g/mol. The van der Waals surface area contributed by atoms with E-state index in [-0.39, 0.29) is 42.2 Å². The first-order chi connectivity index (χ1) is 15.0. The van der Waals surface area contributed by atoms with Crippen LogP contribution in [0.25, 0.3) is 0 Å². The topological polar surface area (TPSA) is 153 Å². The molecule has 3 aromatic rings. The molecule has 0 aliphatic heterocycles. The third-order valence-corrected chi connectivity index (χ3v) is 6.41. The fourth-order valence-corrected chi connectivity index (χ4v) is 4.46. The second kappa shape index (κ2) is 9.27. The third kappa shape index (κ3) is 4.76. The van der Waals surface area contributed by atoms with Gasteiger partial charge in [0.05, 0.1) is 24.9 Å². The Bertz CT molecular complexity index is 1300. The molecule has 0 bridgehead atoms. The molecule has 32 heavy (non-hydrogen) atoms. The van der Waals surface area contributed by atoms with Crippen molar-refractivity contribution < 1.29 is 18.1 Å². The van der Waals surface area contributed by atoms with E-state index in [1.807, 2.05) is 0 Å². The van der Waals surface area contributed by atoms with Crippen LogP contribution >= 0.6 is 34.8 Å². The highest BCUT2D eigenvalue weighted by molar-refractivity contribution is 7.89. The summed E-state index contributed by atoms with van der Waals surface area (Å²) in [4.78, 5) is 13.6. The van der Waals surface area contributed by atoms with E-state index in [4.69, 9.17) is 50.8 Å². The van der Waals surface area contributed by atoms with Crippen LogP contribution in [0.5, 0.6) is 11.5 Å².